The zero-order valence-electron chi connectivity index (χ0n) is 13.4. The Balaban J connectivity index is 0.00000400. The first-order valence-electron chi connectivity index (χ1n) is 7.71. The number of carbonyl (C=O) groups excluding carboxylic acids is 2. The van der Waals surface area contributed by atoms with Crippen molar-refractivity contribution in [2.45, 2.75) is 72.3 Å². The van der Waals surface area contributed by atoms with Crippen LogP contribution in [-0.2, 0) is 9.59 Å². The second-order valence-electron chi connectivity index (χ2n) is 7.22. The van der Waals surface area contributed by atoms with Crippen molar-refractivity contribution in [1.29, 1.82) is 0 Å². The van der Waals surface area contributed by atoms with Gasteiger partial charge in [-0.3, -0.25) is 9.59 Å². The van der Waals surface area contributed by atoms with Crippen LogP contribution in [0.15, 0.2) is 12.2 Å². The summed E-state index contributed by atoms with van der Waals surface area (Å²) < 4.78 is 0. The Kier molecular flexibility index (Phi) is 5.97. The van der Waals surface area contributed by atoms with Crippen LogP contribution >= 0.6 is 0 Å². The number of carbonyl (C=O) groups is 2. The van der Waals surface area contributed by atoms with Gasteiger partial charge >= 0.3 is 0 Å². The third-order valence-corrected chi connectivity index (χ3v) is 4.05. The Bertz CT molecular complexity index is 379. The fourth-order valence-corrected chi connectivity index (χ4v) is 2.80. The topological polar surface area (TPSA) is 46.2 Å². The number of hydrogen-bond donors (Lipinski definition) is 1. The first kappa shape index (κ1) is 16.9. The fourth-order valence-electron chi connectivity index (χ4n) is 2.80. The van der Waals surface area contributed by atoms with E-state index in [-0.39, 0.29) is 18.5 Å². The van der Waals surface area contributed by atoms with Gasteiger partial charge in [0.2, 0.25) is 5.91 Å². The zero-order chi connectivity index (χ0) is 15.3. The molecular weight excluding hydrogens is 250 g/mol. The molecule has 1 rings (SSSR count). The van der Waals surface area contributed by atoms with E-state index in [9.17, 15) is 9.59 Å². The molecule has 0 aromatic rings. The molecule has 0 bridgehead atoms. The predicted octanol–water partition coefficient (Wildman–Crippen LogP) is 3.88. The first-order chi connectivity index (χ1) is 9.21. The van der Waals surface area contributed by atoms with Crippen molar-refractivity contribution in [2.75, 3.05) is 0 Å². The third-order valence-electron chi connectivity index (χ3n) is 4.05. The summed E-state index contributed by atoms with van der Waals surface area (Å²) in [5, 5.41) is 2.94. The minimum absolute atomic E-state index is 0. The average molecular weight is 281 g/mol. The van der Waals surface area contributed by atoms with Gasteiger partial charge in [-0.25, -0.2) is 0 Å². The van der Waals surface area contributed by atoms with Gasteiger partial charge in [-0.05, 0) is 36.7 Å². The fraction of sp³-hybridized carbons (Fsp3) is 0.765. The van der Waals surface area contributed by atoms with Crippen LogP contribution in [0.2, 0.25) is 0 Å². The maximum absolute atomic E-state index is 12.2. The average Bonchev–Trinajstić information content (AvgIpc) is 2.35. The lowest BCUT2D eigenvalue weighted by Gasteiger charge is -2.31. The highest BCUT2D eigenvalue weighted by molar-refractivity contribution is 6.00. The van der Waals surface area contributed by atoms with E-state index in [1.165, 1.54) is 19.3 Å². The Morgan fingerprint density at radius 3 is 2.25 bits per heavy atom. The number of hydrogen-bond acceptors (Lipinski definition) is 2. The molecular formula is C17H31NO2. The van der Waals surface area contributed by atoms with Crippen molar-refractivity contribution >= 4 is 11.7 Å². The molecule has 20 heavy (non-hydrogen) atoms. The molecule has 0 aromatic carbocycles. The molecule has 3 nitrogen and oxygen atoms in total. The molecule has 1 atom stereocenters. The quantitative estimate of drug-likeness (QED) is 0.777. The van der Waals surface area contributed by atoms with E-state index >= 15 is 0 Å². The van der Waals surface area contributed by atoms with Crippen LogP contribution in [-0.4, -0.2) is 17.7 Å². The van der Waals surface area contributed by atoms with Crippen molar-refractivity contribution < 1.29 is 11.0 Å². The molecule has 1 saturated carbocycles. The molecule has 0 spiro atoms. The highest BCUT2D eigenvalue weighted by atomic mass is 16.2. The lowest BCUT2D eigenvalue weighted by atomic mass is 9.81. The monoisotopic (exact) mass is 281 g/mol. The molecule has 0 radical (unpaired) electrons. The van der Waals surface area contributed by atoms with Crippen LogP contribution in [0.1, 0.15) is 67.6 Å². The van der Waals surface area contributed by atoms with Gasteiger partial charge in [0.1, 0.15) is 0 Å². The Morgan fingerprint density at radius 2 is 1.80 bits per heavy atom. The molecule has 3 heteroatoms. The van der Waals surface area contributed by atoms with Gasteiger partial charge in [0.25, 0.3) is 0 Å². The van der Waals surface area contributed by atoms with Crippen LogP contribution in [0.3, 0.4) is 0 Å². The maximum atomic E-state index is 12.2. The van der Waals surface area contributed by atoms with Crippen LogP contribution in [0, 0.1) is 11.3 Å². The summed E-state index contributed by atoms with van der Waals surface area (Å²) in [6.07, 6.45) is 6.58. The number of nitrogens with one attached hydrogen (secondary N) is 1. The van der Waals surface area contributed by atoms with E-state index in [4.69, 9.17) is 0 Å². The lowest BCUT2D eigenvalue weighted by Crippen LogP contribution is -2.49. The molecule has 0 saturated heterocycles. The molecule has 1 N–H and O–H groups in total. The summed E-state index contributed by atoms with van der Waals surface area (Å²) in [7, 11) is 0. The zero-order valence-corrected chi connectivity index (χ0v) is 13.4. The molecule has 0 heterocycles. The standard InChI is InChI=1S/C17H29NO2.H2/c1-12(2)15(20)16(17(3,4)5)18-14(19)11-13-9-7-6-8-10-13;/h13,16H,1,6-11H2,2-5H3,(H,18,19);1H. The number of ketones is 1. The normalized spacial score (nSPS) is 18.4. The molecule has 1 amide bonds. The van der Waals surface area contributed by atoms with Crippen LogP contribution in [0.25, 0.3) is 0 Å². The van der Waals surface area contributed by atoms with Gasteiger partial charge in [0.05, 0.1) is 6.04 Å². The first-order valence-corrected chi connectivity index (χ1v) is 7.71. The third kappa shape index (κ3) is 5.10. The van der Waals surface area contributed by atoms with E-state index in [1.54, 1.807) is 6.92 Å². The van der Waals surface area contributed by atoms with Gasteiger partial charge in [-0.2, -0.15) is 0 Å². The SMILES string of the molecule is C=C(C)C(=O)C(NC(=O)CC1CCCCC1)C(C)(C)C.[HH]. The smallest absolute Gasteiger partial charge is 0.220 e. The second kappa shape index (κ2) is 7.05. The Hall–Kier alpha value is -1.12. The van der Waals surface area contributed by atoms with E-state index in [1.807, 2.05) is 20.8 Å². The van der Waals surface area contributed by atoms with E-state index < -0.39 is 6.04 Å². The Morgan fingerprint density at radius 1 is 1.25 bits per heavy atom. The number of rotatable bonds is 5. The van der Waals surface area contributed by atoms with Crippen molar-refractivity contribution in [1.82, 2.24) is 5.32 Å². The van der Waals surface area contributed by atoms with Crippen LogP contribution in [0.4, 0.5) is 0 Å². The summed E-state index contributed by atoms with van der Waals surface area (Å²) in [5.41, 5.74) is 0.209. The predicted molar refractivity (Wildman–Crippen MR) is 84.5 cm³/mol. The molecule has 1 aliphatic carbocycles. The van der Waals surface area contributed by atoms with Crippen LogP contribution in [0.5, 0.6) is 0 Å². The van der Waals surface area contributed by atoms with E-state index in [0.717, 1.165) is 12.8 Å². The molecule has 1 aliphatic rings. The minimum Gasteiger partial charge on any atom is -0.345 e. The van der Waals surface area contributed by atoms with Crippen LogP contribution < -0.4 is 5.32 Å². The van der Waals surface area contributed by atoms with Crippen molar-refractivity contribution in [3.8, 4) is 0 Å². The molecule has 0 aromatic heterocycles. The van der Waals surface area contributed by atoms with Gasteiger partial charge in [-0.15, -0.1) is 0 Å². The van der Waals surface area contributed by atoms with Crippen molar-refractivity contribution in [2.24, 2.45) is 11.3 Å². The maximum Gasteiger partial charge on any atom is 0.220 e. The van der Waals surface area contributed by atoms with Gasteiger partial charge < -0.3 is 5.32 Å². The summed E-state index contributed by atoms with van der Waals surface area (Å²) in [6.45, 7) is 11.3. The van der Waals surface area contributed by atoms with E-state index in [2.05, 4.69) is 11.9 Å². The van der Waals surface area contributed by atoms with Gasteiger partial charge in [0, 0.05) is 7.85 Å². The lowest BCUT2D eigenvalue weighted by molar-refractivity contribution is -0.129. The second-order valence-corrected chi connectivity index (χ2v) is 7.22. The molecule has 1 unspecified atom stereocenters. The molecule has 1 fully saturated rings. The summed E-state index contributed by atoms with van der Waals surface area (Å²) in [5.74, 6) is 0.435. The highest BCUT2D eigenvalue weighted by Crippen LogP contribution is 2.27. The summed E-state index contributed by atoms with van der Waals surface area (Å²) in [4.78, 5) is 24.4. The number of Topliss-reactive ketones (excluding diaryl/α,β-unsaturated/α-hetero) is 1. The largest absolute Gasteiger partial charge is 0.345 e. The van der Waals surface area contributed by atoms with Gasteiger partial charge in [-0.1, -0.05) is 46.6 Å². The summed E-state index contributed by atoms with van der Waals surface area (Å²) in [6, 6.07) is -0.476. The van der Waals surface area contributed by atoms with E-state index in [0.29, 0.717) is 17.9 Å². The molecule has 116 valence electrons. The molecule has 0 aliphatic heterocycles. The Labute approximate surface area is 124 Å². The summed E-state index contributed by atoms with van der Waals surface area (Å²) >= 11 is 0. The minimum atomic E-state index is -0.476. The van der Waals surface area contributed by atoms with Crippen molar-refractivity contribution in [3.05, 3.63) is 12.2 Å². The highest BCUT2D eigenvalue weighted by Gasteiger charge is 2.33. The number of amides is 1. The van der Waals surface area contributed by atoms with Gasteiger partial charge in [0.15, 0.2) is 5.78 Å². The van der Waals surface area contributed by atoms with Crippen molar-refractivity contribution in [3.63, 3.8) is 0 Å².